The minimum Gasteiger partial charge on any atom is -0.357 e. The van der Waals surface area contributed by atoms with Crippen LogP contribution in [0.2, 0.25) is 0 Å². The molecule has 1 saturated carbocycles. The lowest BCUT2D eigenvalue weighted by molar-refractivity contribution is 0.313. The number of nitrogens with zero attached hydrogens (tertiary/aromatic N) is 5. The first-order valence-corrected chi connectivity index (χ1v) is 12.9. The van der Waals surface area contributed by atoms with Crippen LogP contribution in [0.4, 0.5) is 5.69 Å². The van der Waals surface area contributed by atoms with Crippen LogP contribution >= 0.6 is 0 Å². The molecule has 7 nitrogen and oxygen atoms in total. The molecule has 35 heavy (non-hydrogen) atoms. The zero-order valence-corrected chi connectivity index (χ0v) is 20.5. The van der Waals surface area contributed by atoms with E-state index >= 15 is 0 Å². The molecule has 0 bridgehead atoms. The Morgan fingerprint density at radius 1 is 1.00 bits per heavy atom. The average molecular weight is 469 g/mol. The second-order valence-electron chi connectivity index (χ2n) is 10.1. The number of rotatable bonds is 4. The predicted molar refractivity (Wildman–Crippen MR) is 138 cm³/mol. The van der Waals surface area contributed by atoms with Gasteiger partial charge in [0.1, 0.15) is 6.04 Å². The number of hydrogen-bond acceptors (Lipinski definition) is 5. The van der Waals surface area contributed by atoms with Gasteiger partial charge in [-0.15, -0.1) is 5.10 Å². The van der Waals surface area contributed by atoms with Crippen LogP contribution in [-0.4, -0.2) is 31.7 Å². The van der Waals surface area contributed by atoms with Gasteiger partial charge in [0.15, 0.2) is 5.82 Å². The molecule has 0 unspecified atom stereocenters. The minimum atomic E-state index is -0.360. The Morgan fingerprint density at radius 2 is 1.80 bits per heavy atom. The summed E-state index contributed by atoms with van der Waals surface area (Å²) in [7, 11) is 0. The maximum absolute atomic E-state index is 13.7. The highest BCUT2D eigenvalue weighted by Crippen LogP contribution is 2.38. The molecule has 0 amide bonds. The van der Waals surface area contributed by atoms with Crippen molar-refractivity contribution in [1.29, 1.82) is 0 Å². The fraction of sp³-hybridized carbons (Fsp3) is 0.429. The van der Waals surface area contributed by atoms with Gasteiger partial charge in [-0.25, -0.2) is 4.68 Å². The summed E-state index contributed by atoms with van der Waals surface area (Å²) in [5, 5.41) is 14.3. The molecule has 1 N–H and O–H groups in total. The van der Waals surface area contributed by atoms with Crippen molar-refractivity contribution in [3.05, 3.63) is 80.9 Å². The molecule has 6 rings (SSSR count). The number of fused-ring (bicyclic) bond motifs is 2. The van der Waals surface area contributed by atoms with E-state index in [-0.39, 0.29) is 17.6 Å². The van der Waals surface area contributed by atoms with Crippen molar-refractivity contribution in [2.24, 2.45) is 0 Å². The van der Waals surface area contributed by atoms with Crippen molar-refractivity contribution in [2.45, 2.75) is 70.9 Å². The van der Waals surface area contributed by atoms with Gasteiger partial charge in [-0.05, 0) is 78.8 Å². The number of nitrogens with one attached hydrogen (secondary N) is 1. The highest BCUT2D eigenvalue weighted by atomic mass is 16.1. The minimum absolute atomic E-state index is 0.0718. The molecule has 7 heteroatoms. The van der Waals surface area contributed by atoms with Gasteiger partial charge >= 0.3 is 0 Å². The van der Waals surface area contributed by atoms with E-state index in [9.17, 15) is 4.79 Å². The number of anilines is 1. The molecule has 1 fully saturated rings. The van der Waals surface area contributed by atoms with E-state index in [0.717, 1.165) is 60.1 Å². The van der Waals surface area contributed by atoms with Gasteiger partial charge in [-0.2, -0.15) is 0 Å². The maximum atomic E-state index is 13.7. The number of pyridine rings is 1. The highest BCUT2D eigenvalue weighted by molar-refractivity contribution is 5.85. The standard InChI is InChI=1S/C28H32N6O/c1-18-14-15-19(2)25-22(18)17-23(28(35)29-25)26(33-16-8-10-20-9-6-7-13-24(20)33)27-30-31-32-34(27)21-11-4-3-5-12-21/h6-7,9,13-15,17,21,26H,3-5,8,10-12,16H2,1-2H3,(H,29,35)/t26-/m1/s1. The fourth-order valence-corrected chi connectivity index (χ4v) is 6.04. The fourth-order valence-electron chi connectivity index (χ4n) is 6.04. The first-order valence-electron chi connectivity index (χ1n) is 12.9. The summed E-state index contributed by atoms with van der Waals surface area (Å²) in [6, 6.07) is 14.7. The third-order valence-electron chi connectivity index (χ3n) is 7.91. The van der Waals surface area contributed by atoms with Gasteiger partial charge in [-0.1, -0.05) is 49.6 Å². The zero-order valence-electron chi connectivity index (χ0n) is 20.5. The van der Waals surface area contributed by atoms with E-state index in [0.29, 0.717) is 5.56 Å². The number of hydrogen-bond donors (Lipinski definition) is 1. The Hall–Kier alpha value is -3.48. The van der Waals surface area contributed by atoms with Crippen LogP contribution in [-0.2, 0) is 6.42 Å². The van der Waals surface area contributed by atoms with E-state index in [4.69, 9.17) is 0 Å². The summed E-state index contributed by atoms with van der Waals surface area (Å²) in [4.78, 5) is 19.3. The predicted octanol–water partition coefficient (Wildman–Crippen LogP) is 5.18. The normalized spacial score (nSPS) is 17.5. The van der Waals surface area contributed by atoms with Crippen LogP contribution < -0.4 is 10.5 Å². The molecule has 2 aliphatic rings. The van der Waals surface area contributed by atoms with Crippen molar-refractivity contribution in [3.63, 3.8) is 0 Å². The van der Waals surface area contributed by atoms with Crippen LogP contribution in [0.3, 0.4) is 0 Å². The summed E-state index contributed by atoms with van der Waals surface area (Å²) in [5.41, 5.74) is 6.23. The van der Waals surface area contributed by atoms with Crippen LogP contribution in [0.25, 0.3) is 10.9 Å². The number of tetrazole rings is 1. The van der Waals surface area contributed by atoms with Crippen molar-refractivity contribution >= 4 is 16.6 Å². The van der Waals surface area contributed by atoms with Crippen molar-refractivity contribution < 1.29 is 0 Å². The van der Waals surface area contributed by atoms with Gasteiger partial charge in [-0.3, -0.25) is 4.79 Å². The Kier molecular flexibility index (Phi) is 5.63. The highest BCUT2D eigenvalue weighted by Gasteiger charge is 2.35. The number of H-pyrrole nitrogens is 1. The van der Waals surface area contributed by atoms with E-state index < -0.39 is 0 Å². The molecule has 1 aliphatic heterocycles. The van der Waals surface area contributed by atoms with Crippen LogP contribution in [0.5, 0.6) is 0 Å². The van der Waals surface area contributed by atoms with E-state index in [1.54, 1.807) is 0 Å². The largest absolute Gasteiger partial charge is 0.357 e. The topological polar surface area (TPSA) is 79.7 Å². The number of para-hydroxylation sites is 1. The monoisotopic (exact) mass is 468 g/mol. The molecule has 0 spiro atoms. The van der Waals surface area contributed by atoms with Gasteiger partial charge < -0.3 is 9.88 Å². The Bertz CT molecular complexity index is 1430. The van der Waals surface area contributed by atoms with Crippen molar-refractivity contribution in [3.8, 4) is 0 Å². The molecule has 2 aromatic heterocycles. The molecule has 1 aliphatic carbocycles. The summed E-state index contributed by atoms with van der Waals surface area (Å²) in [6.07, 6.45) is 7.87. The average Bonchev–Trinajstić information content (AvgIpc) is 3.37. The molecule has 4 aromatic rings. The third-order valence-corrected chi connectivity index (χ3v) is 7.91. The van der Waals surface area contributed by atoms with E-state index in [1.165, 1.54) is 30.5 Å². The third kappa shape index (κ3) is 3.83. The van der Waals surface area contributed by atoms with Crippen LogP contribution in [0, 0.1) is 13.8 Å². The molecule has 2 aromatic carbocycles. The van der Waals surface area contributed by atoms with Crippen LogP contribution in [0.15, 0.2) is 47.3 Å². The molecule has 1 atom stereocenters. The number of aromatic amines is 1. The summed E-state index contributed by atoms with van der Waals surface area (Å²) in [5.74, 6) is 0.767. The number of aromatic nitrogens is 5. The molecular formula is C28H32N6O. The van der Waals surface area contributed by atoms with Crippen molar-refractivity contribution in [1.82, 2.24) is 25.2 Å². The smallest absolute Gasteiger partial charge is 0.254 e. The SMILES string of the molecule is Cc1ccc(C)c2[nH]c(=O)c([C@H](c3nnnn3C3CCCCC3)N3CCCc4ccccc43)cc12. The van der Waals surface area contributed by atoms with Crippen molar-refractivity contribution in [2.75, 3.05) is 11.4 Å². The molecule has 180 valence electrons. The Labute approximate surface area is 205 Å². The quantitative estimate of drug-likeness (QED) is 0.446. The van der Waals surface area contributed by atoms with E-state index in [2.05, 4.69) is 74.8 Å². The summed E-state index contributed by atoms with van der Waals surface area (Å²) < 4.78 is 2.02. The maximum Gasteiger partial charge on any atom is 0.254 e. The second-order valence-corrected chi connectivity index (χ2v) is 10.1. The van der Waals surface area contributed by atoms with E-state index in [1.807, 2.05) is 11.6 Å². The zero-order chi connectivity index (χ0) is 23.9. The lowest BCUT2D eigenvalue weighted by Crippen LogP contribution is -2.39. The first-order chi connectivity index (χ1) is 17.1. The van der Waals surface area contributed by atoms with Crippen LogP contribution in [0.1, 0.15) is 78.7 Å². The molecule has 3 heterocycles. The summed E-state index contributed by atoms with van der Waals surface area (Å²) >= 11 is 0. The molecule has 0 saturated heterocycles. The summed E-state index contributed by atoms with van der Waals surface area (Å²) in [6.45, 7) is 4.99. The lowest BCUT2D eigenvalue weighted by Gasteiger charge is -2.38. The Balaban J connectivity index is 1.58. The molecular weight excluding hydrogens is 436 g/mol. The lowest BCUT2D eigenvalue weighted by atomic mass is 9.93. The van der Waals surface area contributed by atoms with Gasteiger partial charge in [0.05, 0.1) is 11.6 Å². The van der Waals surface area contributed by atoms with Gasteiger partial charge in [0, 0.05) is 23.2 Å². The van der Waals surface area contributed by atoms with Gasteiger partial charge in [0.2, 0.25) is 0 Å². The molecule has 0 radical (unpaired) electrons. The Morgan fingerprint density at radius 3 is 2.66 bits per heavy atom. The first kappa shape index (κ1) is 22.0. The second kappa shape index (κ2) is 8.95. The number of benzene rings is 2. The number of aryl methyl sites for hydroxylation is 3. The van der Waals surface area contributed by atoms with Gasteiger partial charge in [0.25, 0.3) is 5.56 Å².